The molecule has 16 heavy (non-hydrogen) atoms. The van der Waals surface area contributed by atoms with Gasteiger partial charge in [0.15, 0.2) is 0 Å². The van der Waals surface area contributed by atoms with E-state index in [0.717, 1.165) is 6.54 Å². The average Bonchev–Trinajstić information content (AvgIpc) is 2.26. The third-order valence-corrected chi connectivity index (χ3v) is 2.69. The van der Waals surface area contributed by atoms with Gasteiger partial charge in [-0.15, -0.1) is 0 Å². The normalized spacial score (nSPS) is 15.1. The minimum atomic E-state index is -0.713. The maximum absolute atomic E-state index is 13.6. The van der Waals surface area contributed by atoms with Gasteiger partial charge in [0.25, 0.3) is 0 Å². The van der Waals surface area contributed by atoms with Gasteiger partial charge in [-0.2, -0.15) is 0 Å². The van der Waals surface area contributed by atoms with Crippen LogP contribution in [-0.4, -0.2) is 18.3 Å². The summed E-state index contributed by atoms with van der Waals surface area (Å²) in [7, 11) is 0. The quantitative estimate of drug-likeness (QED) is 0.805. The van der Waals surface area contributed by atoms with E-state index >= 15 is 0 Å². The lowest BCUT2D eigenvalue weighted by molar-refractivity contribution is 0.167. The van der Waals surface area contributed by atoms with Crippen molar-refractivity contribution in [3.63, 3.8) is 0 Å². The van der Waals surface area contributed by atoms with Gasteiger partial charge in [0.1, 0.15) is 5.82 Å². The van der Waals surface area contributed by atoms with Gasteiger partial charge in [0.05, 0.1) is 12.1 Å². The smallest absolute Gasteiger partial charge is 0.128 e. The van der Waals surface area contributed by atoms with E-state index in [-0.39, 0.29) is 12.4 Å². The predicted octanol–water partition coefficient (Wildman–Crippen LogP) is 2.28. The first-order valence-corrected chi connectivity index (χ1v) is 5.60. The maximum atomic E-state index is 13.6. The standard InChI is InChI=1S/C13H20FNO/c1-10(2)8-15-13(3,9-16)11-6-4-5-7-12(11)14/h4-7,10,15-16H,8-9H2,1-3H3. The Morgan fingerprint density at radius 2 is 2.00 bits per heavy atom. The first kappa shape index (κ1) is 13.1. The highest BCUT2D eigenvalue weighted by molar-refractivity contribution is 5.25. The predicted molar refractivity (Wildman–Crippen MR) is 63.7 cm³/mol. The van der Waals surface area contributed by atoms with Crippen LogP contribution < -0.4 is 5.32 Å². The number of aliphatic hydroxyl groups excluding tert-OH is 1. The van der Waals surface area contributed by atoms with Crippen LogP contribution in [0.15, 0.2) is 24.3 Å². The molecular formula is C13H20FNO. The van der Waals surface area contributed by atoms with Crippen molar-refractivity contribution in [2.24, 2.45) is 5.92 Å². The van der Waals surface area contributed by atoms with E-state index < -0.39 is 5.54 Å². The first-order chi connectivity index (χ1) is 7.49. The van der Waals surface area contributed by atoms with Crippen LogP contribution in [0.5, 0.6) is 0 Å². The second-order valence-electron chi connectivity index (χ2n) is 4.74. The molecule has 1 rings (SSSR count). The molecule has 0 aliphatic carbocycles. The van der Waals surface area contributed by atoms with E-state index in [9.17, 15) is 9.50 Å². The van der Waals surface area contributed by atoms with E-state index in [2.05, 4.69) is 19.2 Å². The van der Waals surface area contributed by atoms with Crippen LogP contribution in [0.2, 0.25) is 0 Å². The average molecular weight is 225 g/mol. The fraction of sp³-hybridized carbons (Fsp3) is 0.538. The van der Waals surface area contributed by atoms with Gasteiger partial charge in [0, 0.05) is 5.56 Å². The molecule has 0 fully saturated rings. The molecule has 1 atom stereocenters. The Balaban J connectivity index is 2.91. The molecule has 2 N–H and O–H groups in total. The molecule has 0 radical (unpaired) electrons. The lowest BCUT2D eigenvalue weighted by atomic mass is 9.92. The Kier molecular flexibility index (Phi) is 4.44. The second kappa shape index (κ2) is 5.41. The van der Waals surface area contributed by atoms with Gasteiger partial charge in [-0.25, -0.2) is 4.39 Å². The van der Waals surface area contributed by atoms with Crippen LogP contribution >= 0.6 is 0 Å². The molecule has 0 aliphatic heterocycles. The van der Waals surface area contributed by atoms with Crippen LogP contribution in [0.25, 0.3) is 0 Å². The van der Waals surface area contributed by atoms with E-state index in [1.807, 2.05) is 6.92 Å². The monoisotopic (exact) mass is 225 g/mol. The van der Waals surface area contributed by atoms with Crippen molar-refractivity contribution in [1.29, 1.82) is 0 Å². The molecule has 1 unspecified atom stereocenters. The lowest BCUT2D eigenvalue weighted by Crippen LogP contribution is -2.45. The number of hydrogen-bond acceptors (Lipinski definition) is 2. The highest BCUT2D eigenvalue weighted by Crippen LogP contribution is 2.23. The van der Waals surface area contributed by atoms with E-state index in [4.69, 9.17) is 0 Å². The van der Waals surface area contributed by atoms with E-state index in [0.29, 0.717) is 11.5 Å². The van der Waals surface area contributed by atoms with Crippen molar-refractivity contribution in [2.75, 3.05) is 13.2 Å². The number of nitrogens with one attached hydrogen (secondary N) is 1. The number of rotatable bonds is 5. The summed E-state index contributed by atoms with van der Waals surface area (Å²) in [5, 5.41) is 12.7. The fourth-order valence-electron chi connectivity index (χ4n) is 1.57. The van der Waals surface area contributed by atoms with Crippen LogP contribution in [0, 0.1) is 11.7 Å². The zero-order chi connectivity index (χ0) is 12.2. The number of benzene rings is 1. The molecule has 0 bridgehead atoms. The van der Waals surface area contributed by atoms with Crippen LogP contribution in [0.1, 0.15) is 26.3 Å². The Labute approximate surface area is 96.5 Å². The molecule has 90 valence electrons. The molecule has 1 aromatic rings. The molecule has 0 aromatic heterocycles. The van der Waals surface area contributed by atoms with Crippen LogP contribution in [0.3, 0.4) is 0 Å². The van der Waals surface area contributed by atoms with Crippen molar-refractivity contribution in [3.8, 4) is 0 Å². The van der Waals surface area contributed by atoms with Crippen LogP contribution in [0.4, 0.5) is 4.39 Å². The zero-order valence-corrected chi connectivity index (χ0v) is 10.1. The summed E-state index contributed by atoms with van der Waals surface area (Å²) in [4.78, 5) is 0. The second-order valence-corrected chi connectivity index (χ2v) is 4.74. The summed E-state index contributed by atoms with van der Waals surface area (Å²) in [6.45, 7) is 6.58. The maximum Gasteiger partial charge on any atom is 0.128 e. The minimum Gasteiger partial charge on any atom is -0.394 e. The van der Waals surface area contributed by atoms with Crippen molar-refractivity contribution in [3.05, 3.63) is 35.6 Å². The van der Waals surface area contributed by atoms with E-state index in [1.165, 1.54) is 6.07 Å². The number of halogens is 1. The van der Waals surface area contributed by atoms with E-state index in [1.54, 1.807) is 18.2 Å². The molecule has 0 heterocycles. The highest BCUT2D eigenvalue weighted by atomic mass is 19.1. The lowest BCUT2D eigenvalue weighted by Gasteiger charge is -2.30. The molecule has 0 amide bonds. The summed E-state index contributed by atoms with van der Waals surface area (Å²) >= 11 is 0. The minimum absolute atomic E-state index is 0.124. The number of aliphatic hydroxyl groups is 1. The Hall–Kier alpha value is -0.930. The summed E-state index contributed by atoms with van der Waals surface area (Å²) < 4.78 is 13.6. The van der Waals surface area contributed by atoms with Crippen molar-refractivity contribution in [2.45, 2.75) is 26.3 Å². The summed E-state index contributed by atoms with van der Waals surface area (Å²) in [5.41, 5.74) is -0.201. The zero-order valence-electron chi connectivity index (χ0n) is 10.1. The highest BCUT2D eigenvalue weighted by Gasteiger charge is 2.27. The summed E-state index contributed by atoms with van der Waals surface area (Å²) in [6, 6.07) is 6.56. The largest absolute Gasteiger partial charge is 0.394 e. The van der Waals surface area contributed by atoms with Gasteiger partial charge in [-0.3, -0.25) is 0 Å². The Morgan fingerprint density at radius 1 is 1.38 bits per heavy atom. The molecule has 0 saturated carbocycles. The summed E-state index contributed by atoms with van der Waals surface area (Å²) in [6.07, 6.45) is 0. The summed E-state index contributed by atoms with van der Waals surface area (Å²) in [5.74, 6) is 0.174. The Bertz CT molecular complexity index is 340. The van der Waals surface area contributed by atoms with Gasteiger partial charge >= 0.3 is 0 Å². The SMILES string of the molecule is CC(C)CNC(C)(CO)c1ccccc1F. The molecule has 0 aliphatic rings. The Morgan fingerprint density at radius 3 is 2.50 bits per heavy atom. The van der Waals surface area contributed by atoms with Crippen molar-refractivity contribution < 1.29 is 9.50 Å². The first-order valence-electron chi connectivity index (χ1n) is 5.60. The third-order valence-electron chi connectivity index (χ3n) is 2.69. The topological polar surface area (TPSA) is 32.3 Å². The molecule has 1 aromatic carbocycles. The van der Waals surface area contributed by atoms with Crippen molar-refractivity contribution >= 4 is 0 Å². The molecule has 3 heteroatoms. The molecular weight excluding hydrogens is 205 g/mol. The van der Waals surface area contributed by atoms with Crippen molar-refractivity contribution in [1.82, 2.24) is 5.32 Å². The van der Waals surface area contributed by atoms with Gasteiger partial charge < -0.3 is 10.4 Å². The molecule has 0 spiro atoms. The molecule has 0 saturated heterocycles. The van der Waals surface area contributed by atoms with Gasteiger partial charge in [-0.05, 0) is 25.5 Å². The van der Waals surface area contributed by atoms with Gasteiger partial charge in [-0.1, -0.05) is 32.0 Å². The van der Waals surface area contributed by atoms with Crippen LogP contribution in [-0.2, 0) is 5.54 Å². The number of hydrogen-bond donors (Lipinski definition) is 2. The molecule has 2 nitrogen and oxygen atoms in total. The fourth-order valence-corrected chi connectivity index (χ4v) is 1.57. The van der Waals surface area contributed by atoms with Gasteiger partial charge in [0.2, 0.25) is 0 Å². The third kappa shape index (κ3) is 3.03.